The van der Waals surface area contributed by atoms with Gasteiger partial charge < -0.3 is 5.32 Å². The molecule has 0 saturated carbocycles. The Hall–Kier alpha value is -1.67. The van der Waals surface area contributed by atoms with Crippen LogP contribution >= 0.6 is 11.3 Å². The van der Waals surface area contributed by atoms with Crippen LogP contribution in [-0.4, -0.2) is 35.6 Å². The number of aryl methyl sites for hydroxylation is 2. The van der Waals surface area contributed by atoms with E-state index in [-0.39, 0.29) is 23.5 Å². The highest BCUT2D eigenvalue weighted by atomic mass is 32.2. The van der Waals surface area contributed by atoms with Gasteiger partial charge in [-0.3, -0.25) is 9.48 Å². The summed E-state index contributed by atoms with van der Waals surface area (Å²) >= 11 is 1.71. The molecule has 6 nitrogen and oxygen atoms in total. The summed E-state index contributed by atoms with van der Waals surface area (Å²) in [6.07, 6.45) is 2.75. The number of anilines is 1. The van der Waals surface area contributed by atoms with E-state index in [2.05, 4.69) is 16.5 Å². The molecule has 1 amide bonds. The minimum atomic E-state index is -2.97. The van der Waals surface area contributed by atoms with E-state index in [1.165, 1.54) is 4.88 Å². The Kier molecular flexibility index (Phi) is 5.29. The number of hydrogen-bond acceptors (Lipinski definition) is 5. The number of nitrogens with one attached hydrogen (secondary N) is 1. The number of thiophene rings is 1. The van der Waals surface area contributed by atoms with Gasteiger partial charge in [0.1, 0.15) is 0 Å². The van der Waals surface area contributed by atoms with E-state index in [1.54, 1.807) is 16.0 Å². The molecule has 1 aliphatic heterocycles. The van der Waals surface area contributed by atoms with Gasteiger partial charge in [0, 0.05) is 11.3 Å². The van der Waals surface area contributed by atoms with Crippen molar-refractivity contribution < 1.29 is 13.2 Å². The fourth-order valence-electron chi connectivity index (χ4n) is 3.25. The summed E-state index contributed by atoms with van der Waals surface area (Å²) in [5, 5.41) is 9.47. The Morgan fingerprint density at radius 3 is 2.88 bits per heavy atom. The summed E-state index contributed by atoms with van der Waals surface area (Å²) in [4.78, 5) is 13.5. The lowest BCUT2D eigenvalue weighted by Gasteiger charge is -2.11. The maximum atomic E-state index is 12.2. The second kappa shape index (κ2) is 7.29. The van der Waals surface area contributed by atoms with Crippen molar-refractivity contribution >= 4 is 32.8 Å². The molecule has 1 unspecified atom stereocenters. The monoisotopic (exact) mass is 381 g/mol. The zero-order valence-electron chi connectivity index (χ0n) is 14.5. The zero-order chi connectivity index (χ0) is 18.0. The average molecular weight is 382 g/mol. The first-order chi connectivity index (χ1) is 11.9. The molecule has 2 aromatic heterocycles. The van der Waals surface area contributed by atoms with Crippen LogP contribution in [-0.2, 0) is 21.1 Å². The van der Waals surface area contributed by atoms with Gasteiger partial charge in [-0.25, -0.2) is 8.42 Å². The van der Waals surface area contributed by atoms with Crippen molar-refractivity contribution in [2.75, 3.05) is 16.8 Å². The number of carbonyl (C=O) groups excluding carboxylic acids is 1. The Labute approximate surface area is 152 Å². The lowest BCUT2D eigenvalue weighted by Crippen LogP contribution is -2.15. The van der Waals surface area contributed by atoms with E-state index >= 15 is 0 Å². The third-order valence-corrected chi connectivity index (χ3v) is 7.24. The average Bonchev–Trinajstić information content (AvgIpc) is 3.24. The summed E-state index contributed by atoms with van der Waals surface area (Å²) < 4.78 is 25.2. The van der Waals surface area contributed by atoms with Crippen LogP contribution in [0, 0.1) is 13.8 Å². The fourth-order valence-corrected chi connectivity index (χ4v) is 5.69. The third-order valence-electron chi connectivity index (χ3n) is 4.55. The number of hydrogen-bond donors (Lipinski definition) is 1. The third kappa shape index (κ3) is 4.30. The molecule has 2 aromatic rings. The minimum absolute atomic E-state index is 0.0265. The first-order valence-corrected chi connectivity index (χ1v) is 11.1. The molecule has 136 valence electrons. The van der Waals surface area contributed by atoms with Crippen LogP contribution in [0.2, 0.25) is 0 Å². The van der Waals surface area contributed by atoms with E-state index in [0.717, 1.165) is 24.2 Å². The van der Waals surface area contributed by atoms with Gasteiger partial charge in [0.2, 0.25) is 5.91 Å². The normalized spacial score (nSPS) is 19.2. The van der Waals surface area contributed by atoms with E-state index in [4.69, 9.17) is 0 Å². The van der Waals surface area contributed by atoms with Crippen LogP contribution in [0.1, 0.15) is 41.6 Å². The molecule has 1 aliphatic rings. The quantitative estimate of drug-likeness (QED) is 0.834. The number of carbonyl (C=O) groups is 1. The molecule has 1 saturated heterocycles. The smallest absolute Gasteiger partial charge is 0.224 e. The van der Waals surface area contributed by atoms with E-state index < -0.39 is 9.84 Å². The molecule has 0 radical (unpaired) electrons. The summed E-state index contributed by atoms with van der Waals surface area (Å²) in [5.74, 6) is 0.310. The van der Waals surface area contributed by atoms with Gasteiger partial charge in [-0.15, -0.1) is 11.3 Å². The first kappa shape index (κ1) is 18.1. The van der Waals surface area contributed by atoms with Crippen molar-refractivity contribution in [1.29, 1.82) is 0 Å². The standard InChI is InChI=1S/C17H23N3O3S2/c1-12-17(18-16(21)7-3-5-15-6-4-9-24-15)13(2)20(19-12)14-8-10-25(22,23)11-14/h4,6,9,14H,3,5,7-8,10-11H2,1-2H3,(H,18,21). The zero-order valence-corrected chi connectivity index (χ0v) is 16.1. The summed E-state index contributed by atoms with van der Waals surface area (Å²) in [6.45, 7) is 3.72. The van der Waals surface area contributed by atoms with Gasteiger partial charge in [0.15, 0.2) is 9.84 Å². The second-order valence-corrected chi connectivity index (χ2v) is 9.79. The van der Waals surface area contributed by atoms with Crippen molar-refractivity contribution in [3.05, 3.63) is 33.8 Å². The summed E-state index contributed by atoms with van der Waals surface area (Å²) in [5.41, 5.74) is 2.27. The Balaban J connectivity index is 1.61. The predicted octanol–water partition coefficient (Wildman–Crippen LogP) is 2.88. The van der Waals surface area contributed by atoms with Gasteiger partial charge in [-0.1, -0.05) is 6.07 Å². The molecule has 0 aromatic carbocycles. The number of nitrogens with zero attached hydrogens (tertiary/aromatic N) is 2. The van der Waals surface area contributed by atoms with Crippen LogP contribution < -0.4 is 5.32 Å². The van der Waals surface area contributed by atoms with Crippen molar-refractivity contribution in [2.24, 2.45) is 0 Å². The molecule has 25 heavy (non-hydrogen) atoms. The van der Waals surface area contributed by atoms with E-state index in [1.807, 2.05) is 25.3 Å². The van der Waals surface area contributed by atoms with Crippen molar-refractivity contribution in [1.82, 2.24) is 9.78 Å². The SMILES string of the molecule is Cc1nn(C2CCS(=O)(=O)C2)c(C)c1NC(=O)CCCc1cccs1. The molecule has 0 bridgehead atoms. The largest absolute Gasteiger partial charge is 0.323 e. The van der Waals surface area contributed by atoms with Crippen molar-refractivity contribution in [3.8, 4) is 0 Å². The van der Waals surface area contributed by atoms with Crippen molar-refractivity contribution in [2.45, 2.75) is 45.6 Å². The lowest BCUT2D eigenvalue weighted by atomic mass is 10.2. The van der Waals surface area contributed by atoms with Crippen molar-refractivity contribution in [3.63, 3.8) is 0 Å². The Bertz CT molecular complexity index is 854. The first-order valence-electron chi connectivity index (χ1n) is 8.44. The number of aromatic nitrogens is 2. The maximum Gasteiger partial charge on any atom is 0.224 e. The highest BCUT2D eigenvalue weighted by molar-refractivity contribution is 7.91. The number of sulfone groups is 1. The van der Waals surface area contributed by atoms with E-state index in [9.17, 15) is 13.2 Å². The number of rotatable bonds is 6. The van der Waals surface area contributed by atoms with Gasteiger partial charge >= 0.3 is 0 Å². The van der Waals surface area contributed by atoms with Crippen LogP contribution in [0.15, 0.2) is 17.5 Å². The molecule has 3 rings (SSSR count). The highest BCUT2D eigenvalue weighted by Gasteiger charge is 2.31. The van der Waals surface area contributed by atoms with Gasteiger partial charge in [0.05, 0.1) is 34.6 Å². The van der Waals surface area contributed by atoms with Crippen LogP contribution in [0.3, 0.4) is 0 Å². The summed E-state index contributed by atoms with van der Waals surface area (Å²) in [6, 6.07) is 3.97. The highest BCUT2D eigenvalue weighted by Crippen LogP contribution is 2.29. The molecule has 1 fully saturated rings. The molecule has 0 aliphatic carbocycles. The van der Waals surface area contributed by atoms with Crippen LogP contribution in [0.25, 0.3) is 0 Å². The molecule has 3 heterocycles. The topological polar surface area (TPSA) is 81.1 Å². The Morgan fingerprint density at radius 2 is 2.24 bits per heavy atom. The van der Waals surface area contributed by atoms with Crippen LogP contribution in [0.4, 0.5) is 5.69 Å². The summed E-state index contributed by atoms with van der Waals surface area (Å²) in [7, 11) is -2.97. The maximum absolute atomic E-state index is 12.2. The lowest BCUT2D eigenvalue weighted by molar-refractivity contribution is -0.116. The molecule has 1 atom stereocenters. The predicted molar refractivity (Wildman–Crippen MR) is 99.9 cm³/mol. The number of amides is 1. The molecule has 8 heteroatoms. The fraction of sp³-hybridized carbons (Fsp3) is 0.529. The molecular formula is C17H23N3O3S2. The second-order valence-electron chi connectivity index (χ2n) is 6.53. The van der Waals surface area contributed by atoms with Gasteiger partial charge in [0.25, 0.3) is 0 Å². The van der Waals surface area contributed by atoms with Gasteiger partial charge in [-0.2, -0.15) is 5.10 Å². The molecular weight excluding hydrogens is 358 g/mol. The van der Waals surface area contributed by atoms with Gasteiger partial charge in [-0.05, 0) is 44.6 Å². The van der Waals surface area contributed by atoms with E-state index in [0.29, 0.717) is 18.5 Å². The molecule has 1 N–H and O–H groups in total. The Morgan fingerprint density at radius 1 is 1.44 bits per heavy atom. The molecule has 0 spiro atoms. The minimum Gasteiger partial charge on any atom is -0.323 e. The van der Waals surface area contributed by atoms with Crippen LogP contribution in [0.5, 0.6) is 0 Å².